The molecule has 1 N–H and O–H groups in total. The van der Waals surface area contributed by atoms with Gasteiger partial charge >= 0.3 is 0 Å². The van der Waals surface area contributed by atoms with Gasteiger partial charge in [0.25, 0.3) is 0 Å². The van der Waals surface area contributed by atoms with Gasteiger partial charge in [0.15, 0.2) is 0 Å². The first kappa shape index (κ1) is 12.5. The van der Waals surface area contributed by atoms with Crippen LogP contribution in [0, 0.1) is 0 Å². The molecule has 0 radical (unpaired) electrons. The van der Waals surface area contributed by atoms with Crippen LogP contribution in [0.3, 0.4) is 0 Å². The van der Waals surface area contributed by atoms with Crippen LogP contribution >= 0.6 is 11.6 Å². The van der Waals surface area contributed by atoms with E-state index < -0.39 is 0 Å². The summed E-state index contributed by atoms with van der Waals surface area (Å²) in [4.78, 5) is 0. The highest BCUT2D eigenvalue weighted by Crippen LogP contribution is 2.35. The fraction of sp³-hybridized carbons (Fsp3) is 0.538. The van der Waals surface area contributed by atoms with Gasteiger partial charge in [0.05, 0.1) is 0 Å². The third-order valence-corrected chi connectivity index (χ3v) is 3.64. The van der Waals surface area contributed by atoms with Crippen LogP contribution in [-0.2, 0) is 5.41 Å². The first-order chi connectivity index (χ1) is 7.20. The second kappa shape index (κ2) is 5.53. The fourth-order valence-electron chi connectivity index (χ4n) is 2.21. The highest BCUT2D eigenvalue weighted by Gasteiger charge is 2.29. The van der Waals surface area contributed by atoms with E-state index in [1.165, 1.54) is 5.56 Å². The van der Waals surface area contributed by atoms with Crippen molar-refractivity contribution in [2.24, 2.45) is 0 Å². The summed E-state index contributed by atoms with van der Waals surface area (Å²) in [5.74, 6) is 0. The Hall–Kier alpha value is -0.530. The summed E-state index contributed by atoms with van der Waals surface area (Å²) in [6, 6.07) is 8.18. The van der Waals surface area contributed by atoms with E-state index in [-0.39, 0.29) is 5.41 Å². The average Bonchev–Trinajstić information content (AvgIpc) is 2.27. The number of likely N-dealkylation sites (N-methyl/N-ethyl adjacent to an activating group) is 1. The number of benzene rings is 1. The lowest BCUT2D eigenvalue weighted by atomic mass is 9.76. The molecule has 0 saturated carbocycles. The lowest BCUT2D eigenvalue weighted by Gasteiger charge is -2.33. The van der Waals surface area contributed by atoms with Crippen molar-refractivity contribution in [2.45, 2.75) is 32.1 Å². The van der Waals surface area contributed by atoms with Crippen LogP contribution in [0.15, 0.2) is 24.3 Å². The van der Waals surface area contributed by atoms with Crippen LogP contribution in [-0.4, -0.2) is 13.6 Å². The number of nitrogens with one attached hydrogen (secondary N) is 1. The van der Waals surface area contributed by atoms with Crippen molar-refractivity contribution >= 4 is 11.6 Å². The quantitative estimate of drug-likeness (QED) is 0.807. The van der Waals surface area contributed by atoms with Crippen molar-refractivity contribution in [3.63, 3.8) is 0 Å². The Morgan fingerprint density at radius 2 is 1.80 bits per heavy atom. The molecule has 15 heavy (non-hydrogen) atoms. The predicted octanol–water partition coefficient (Wildman–Crippen LogP) is 3.62. The van der Waals surface area contributed by atoms with Gasteiger partial charge in [-0.15, -0.1) is 0 Å². The molecule has 0 saturated heterocycles. The van der Waals surface area contributed by atoms with Crippen LogP contribution in [0.2, 0.25) is 5.02 Å². The van der Waals surface area contributed by atoms with E-state index in [1.54, 1.807) is 0 Å². The molecule has 0 heterocycles. The van der Waals surface area contributed by atoms with E-state index in [0.717, 1.165) is 24.4 Å². The molecule has 1 rings (SSSR count). The molecule has 84 valence electrons. The standard InChI is InChI=1S/C13H20ClN/c1-4-13(5-2,10-15-3)11-8-6-7-9-12(11)14/h6-9,15H,4-5,10H2,1-3H3. The number of hydrogen-bond donors (Lipinski definition) is 1. The molecule has 0 atom stereocenters. The number of halogens is 1. The Labute approximate surface area is 97.8 Å². The molecule has 0 aliphatic rings. The molecule has 0 bridgehead atoms. The van der Waals surface area contributed by atoms with Crippen molar-refractivity contribution in [2.75, 3.05) is 13.6 Å². The SMILES string of the molecule is CCC(CC)(CNC)c1ccccc1Cl. The summed E-state index contributed by atoms with van der Waals surface area (Å²) < 4.78 is 0. The Balaban J connectivity index is 3.13. The Morgan fingerprint density at radius 3 is 2.27 bits per heavy atom. The normalized spacial score (nSPS) is 11.7. The number of hydrogen-bond acceptors (Lipinski definition) is 1. The molecule has 0 aromatic heterocycles. The minimum absolute atomic E-state index is 0.174. The Morgan fingerprint density at radius 1 is 1.20 bits per heavy atom. The van der Waals surface area contributed by atoms with E-state index in [1.807, 2.05) is 19.2 Å². The third-order valence-electron chi connectivity index (χ3n) is 3.31. The molecule has 0 aliphatic carbocycles. The van der Waals surface area contributed by atoms with Gasteiger partial charge in [0.2, 0.25) is 0 Å². The van der Waals surface area contributed by atoms with Crippen molar-refractivity contribution in [3.8, 4) is 0 Å². The monoisotopic (exact) mass is 225 g/mol. The van der Waals surface area contributed by atoms with Gasteiger partial charge in [-0.1, -0.05) is 43.6 Å². The van der Waals surface area contributed by atoms with Crippen molar-refractivity contribution < 1.29 is 0 Å². The molecule has 0 spiro atoms. The second-order valence-corrected chi connectivity index (χ2v) is 4.40. The van der Waals surface area contributed by atoms with Gasteiger partial charge in [0.1, 0.15) is 0 Å². The highest BCUT2D eigenvalue weighted by atomic mass is 35.5. The topological polar surface area (TPSA) is 12.0 Å². The van der Waals surface area contributed by atoms with Gasteiger partial charge in [-0.3, -0.25) is 0 Å². The first-order valence-corrected chi connectivity index (χ1v) is 5.97. The largest absolute Gasteiger partial charge is 0.319 e. The molecule has 0 unspecified atom stereocenters. The summed E-state index contributed by atoms with van der Waals surface area (Å²) in [5, 5.41) is 4.16. The van der Waals surface area contributed by atoms with E-state index in [9.17, 15) is 0 Å². The minimum atomic E-state index is 0.174. The molecular formula is C13H20ClN. The molecule has 0 fully saturated rings. The van der Waals surface area contributed by atoms with Crippen LogP contribution in [0.5, 0.6) is 0 Å². The molecule has 1 aromatic carbocycles. The Kier molecular flexibility index (Phi) is 4.62. The van der Waals surface area contributed by atoms with Gasteiger partial charge in [0, 0.05) is 17.0 Å². The second-order valence-electron chi connectivity index (χ2n) is 4.00. The summed E-state index contributed by atoms with van der Waals surface area (Å²) in [7, 11) is 2.00. The summed E-state index contributed by atoms with van der Waals surface area (Å²) in [6.45, 7) is 5.43. The van der Waals surface area contributed by atoms with Crippen molar-refractivity contribution in [3.05, 3.63) is 34.9 Å². The van der Waals surface area contributed by atoms with Crippen LogP contribution in [0.4, 0.5) is 0 Å². The third kappa shape index (κ3) is 2.53. The maximum atomic E-state index is 6.27. The lowest BCUT2D eigenvalue weighted by molar-refractivity contribution is 0.381. The van der Waals surface area contributed by atoms with Gasteiger partial charge < -0.3 is 5.32 Å². The summed E-state index contributed by atoms with van der Waals surface area (Å²) >= 11 is 6.27. The van der Waals surface area contributed by atoms with E-state index >= 15 is 0 Å². The fourth-order valence-corrected chi connectivity index (χ4v) is 2.54. The van der Waals surface area contributed by atoms with E-state index in [0.29, 0.717) is 0 Å². The smallest absolute Gasteiger partial charge is 0.0444 e. The maximum Gasteiger partial charge on any atom is 0.0444 e. The van der Waals surface area contributed by atoms with Gasteiger partial charge in [-0.05, 0) is 31.5 Å². The Bertz CT molecular complexity index is 305. The lowest BCUT2D eigenvalue weighted by Crippen LogP contribution is -2.36. The molecular weight excluding hydrogens is 206 g/mol. The zero-order valence-corrected chi connectivity index (χ0v) is 10.6. The molecule has 2 heteroatoms. The van der Waals surface area contributed by atoms with E-state index in [2.05, 4.69) is 31.3 Å². The van der Waals surface area contributed by atoms with Crippen LogP contribution in [0.1, 0.15) is 32.3 Å². The van der Waals surface area contributed by atoms with Crippen LogP contribution < -0.4 is 5.32 Å². The minimum Gasteiger partial charge on any atom is -0.319 e. The zero-order valence-electron chi connectivity index (χ0n) is 9.81. The summed E-state index contributed by atoms with van der Waals surface area (Å²) in [6.07, 6.45) is 2.21. The molecule has 0 aliphatic heterocycles. The highest BCUT2D eigenvalue weighted by molar-refractivity contribution is 6.31. The van der Waals surface area contributed by atoms with Crippen molar-refractivity contribution in [1.82, 2.24) is 5.32 Å². The van der Waals surface area contributed by atoms with Crippen molar-refractivity contribution in [1.29, 1.82) is 0 Å². The van der Waals surface area contributed by atoms with Gasteiger partial charge in [-0.2, -0.15) is 0 Å². The average molecular weight is 226 g/mol. The summed E-state index contributed by atoms with van der Waals surface area (Å²) in [5.41, 5.74) is 1.44. The molecule has 1 aromatic rings. The first-order valence-electron chi connectivity index (χ1n) is 5.59. The van der Waals surface area contributed by atoms with E-state index in [4.69, 9.17) is 11.6 Å². The predicted molar refractivity (Wildman–Crippen MR) is 67.6 cm³/mol. The van der Waals surface area contributed by atoms with Crippen LogP contribution in [0.25, 0.3) is 0 Å². The number of rotatable bonds is 5. The molecule has 1 nitrogen and oxygen atoms in total. The zero-order chi connectivity index (χ0) is 11.3. The van der Waals surface area contributed by atoms with Gasteiger partial charge in [-0.25, -0.2) is 0 Å². The maximum absolute atomic E-state index is 6.27. The molecule has 0 amide bonds.